The average molecular weight is 424 g/mol. The molecule has 160 valence electrons. The van der Waals surface area contributed by atoms with Gasteiger partial charge in [0, 0.05) is 42.3 Å². The highest BCUT2D eigenvalue weighted by molar-refractivity contribution is 5.93. The summed E-state index contributed by atoms with van der Waals surface area (Å²) in [5, 5.41) is 3.01. The molecule has 5 heteroatoms. The van der Waals surface area contributed by atoms with Gasteiger partial charge in [-0.25, -0.2) is 0 Å². The van der Waals surface area contributed by atoms with Crippen molar-refractivity contribution >= 4 is 27.4 Å². The van der Waals surface area contributed by atoms with Crippen molar-refractivity contribution in [3.8, 4) is 0 Å². The second-order valence-electron chi connectivity index (χ2n) is 9.47. The van der Waals surface area contributed by atoms with E-state index in [1.54, 1.807) is 0 Å². The first-order valence-corrected chi connectivity index (χ1v) is 11.6. The van der Waals surface area contributed by atoms with E-state index in [-0.39, 0.29) is 11.6 Å². The number of benzene rings is 2. The van der Waals surface area contributed by atoms with Crippen molar-refractivity contribution < 1.29 is 4.74 Å². The van der Waals surface area contributed by atoms with E-state index in [2.05, 4.69) is 53.4 Å². The number of ether oxygens (including phenoxy) is 1. The standard InChI is InChI=1S/C27H25N3O2/c31-27-26-18(5-3-7-24(26)29-15-19-9-10-20(16-29)32-19)12-13-30(27)25-14-21(25)23-11-8-17-4-1-2-6-22(17)28-23/h1-8,11-13,19-21,25H,9-10,14-16H2/t19-,20+,21-,25+/m0/s1. The van der Waals surface area contributed by atoms with Crippen LogP contribution >= 0.6 is 0 Å². The molecule has 4 atom stereocenters. The second-order valence-corrected chi connectivity index (χ2v) is 9.47. The van der Waals surface area contributed by atoms with E-state index in [1.165, 1.54) is 0 Å². The van der Waals surface area contributed by atoms with Crippen LogP contribution in [0.1, 0.15) is 36.9 Å². The summed E-state index contributed by atoms with van der Waals surface area (Å²) in [6, 6.07) is 21.0. The Hall–Kier alpha value is -3.18. The monoisotopic (exact) mass is 423 g/mol. The zero-order valence-corrected chi connectivity index (χ0v) is 17.9. The van der Waals surface area contributed by atoms with Gasteiger partial charge in [-0.2, -0.15) is 0 Å². The summed E-state index contributed by atoms with van der Waals surface area (Å²) < 4.78 is 7.97. The molecule has 4 aromatic rings. The SMILES string of the molecule is O=c1c2c(N3C[C@H]4CC[C@@H](C3)O4)cccc2ccn1[C@@H]1C[C@H]1c1ccc2ccccc2n1. The molecule has 2 bridgehead atoms. The zero-order valence-electron chi connectivity index (χ0n) is 17.9. The molecule has 5 nitrogen and oxygen atoms in total. The van der Waals surface area contributed by atoms with Crippen LogP contribution in [0.4, 0.5) is 5.69 Å². The summed E-state index contributed by atoms with van der Waals surface area (Å²) in [6.07, 6.45) is 5.77. The fraction of sp³-hybridized carbons (Fsp3) is 0.333. The van der Waals surface area contributed by atoms with Gasteiger partial charge in [-0.05, 0) is 48.9 Å². The molecule has 0 radical (unpaired) electrons. The van der Waals surface area contributed by atoms with Crippen molar-refractivity contribution in [3.05, 3.63) is 82.9 Å². The third-order valence-electron chi connectivity index (χ3n) is 7.44. The molecule has 2 saturated heterocycles. The van der Waals surface area contributed by atoms with Crippen molar-refractivity contribution in [1.82, 2.24) is 9.55 Å². The zero-order chi connectivity index (χ0) is 21.2. The van der Waals surface area contributed by atoms with Gasteiger partial charge < -0.3 is 14.2 Å². The number of morpholine rings is 1. The molecule has 3 fully saturated rings. The van der Waals surface area contributed by atoms with Gasteiger partial charge in [0.05, 0.1) is 28.8 Å². The Balaban J connectivity index is 1.26. The lowest BCUT2D eigenvalue weighted by atomic mass is 10.1. The summed E-state index contributed by atoms with van der Waals surface area (Å²) in [6.45, 7) is 1.74. The van der Waals surface area contributed by atoms with Gasteiger partial charge in [0.2, 0.25) is 0 Å². The Kier molecular flexibility index (Phi) is 3.97. The third-order valence-corrected chi connectivity index (χ3v) is 7.44. The maximum atomic E-state index is 13.7. The smallest absolute Gasteiger partial charge is 0.260 e. The van der Waals surface area contributed by atoms with E-state index in [4.69, 9.17) is 9.72 Å². The molecule has 1 saturated carbocycles. The van der Waals surface area contributed by atoms with Gasteiger partial charge in [0.1, 0.15) is 0 Å². The third kappa shape index (κ3) is 2.88. The Bertz CT molecular complexity index is 1400. The highest BCUT2D eigenvalue weighted by Gasteiger charge is 2.42. The molecule has 1 aliphatic carbocycles. The average Bonchev–Trinajstić information content (AvgIpc) is 3.55. The Morgan fingerprint density at radius 1 is 0.875 bits per heavy atom. The number of hydrogen-bond donors (Lipinski definition) is 0. The molecule has 4 heterocycles. The first kappa shape index (κ1) is 18.4. The molecular formula is C27H25N3O2. The van der Waals surface area contributed by atoms with E-state index in [1.807, 2.05) is 22.9 Å². The van der Waals surface area contributed by atoms with Crippen LogP contribution in [0.25, 0.3) is 21.7 Å². The van der Waals surface area contributed by atoms with E-state index in [0.717, 1.165) is 65.4 Å². The number of nitrogens with zero attached hydrogens (tertiary/aromatic N) is 3. The van der Waals surface area contributed by atoms with E-state index >= 15 is 0 Å². The van der Waals surface area contributed by atoms with Crippen LogP contribution < -0.4 is 10.5 Å². The maximum absolute atomic E-state index is 13.7. The normalized spacial score (nSPS) is 26.7. The van der Waals surface area contributed by atoms with Crippen molar-refractivity contribution in [2.24, 2.45) is 0 Å². The van der Waals surface area contributed by atoms with Crippen LogP contribution in [0, 0.1) is 0 Å². The van der Waals surface area contributed by atoms with E-state index < -0.39 is 0 Å². The number of aromatic nitrogens is 2. The molecule has 2 aliphatic heterocycles. The van der Waals surface area contributed by atoms with Gasteiger partial charge >= 0.3 is 0 Å². The van der Waals surface area contributed by atoms with Gasteiger partial charge in [-0.3, -0.25) is 9.78 Å². The Morgan fingerprint density at radius 3 is 2.56 bits per heavy atom. The highest BCUT2D eigenvalue weighted by atomic mass is 16.5. The van der Waals surface area contributed by atoms with Crippen molar-refractivity contribution in [1.29, 1.82) is 0 Å². The van der Waals surface area contributed by atoms with Crippen molar-refractivity contribution in [2.45, 2.75) is 43.4 Å². The predicted octanol–water partition coefficient (Wildman–Crippen LogP) is 4.65. The highest BCUT2D eigenvalue weighted by Crippen LogP contribution is 2.50. The van der Waals surface area contributed by atoms with Gasteiger partial charge in [-0.15, -0.1) is 0 Å². The van der Waals surface area contributed by atoms with Crippen LogP contribution in [-0.4, -0.2) is 34.8 Å². The van der Waals surface area contributed by atoms with Crippen LogP contribution in [0.15, 0.2) is 71.7 Å². The predicted molar refractivity (Wildman–Crippen MR) is 126 cm³/mol. The minimum atomic E-state index is 0.116. The molecule has 0 spiro atoms. The van der Waals surface area contributed by atoms with Crippen LogP contribution in [-0.2, 0) is 4.74 Å². The minimum absolute atomic E-state index is 0.116. The first-order chi connectivity index (χ1) is 15.7. The van der Waals surface area contributed by atoms with Crippen LogP contribution in [0.3, 0.4) is 0 Å². The van der Waals surface area contributed by atoms with Crippen molar-refractivity contribution in [3.63, 3.8) is 0 Å². The van der Waals surface area contributed by atoms with E-state index in [0.29, 0.717) is 18.1 Å². The number of rotatable bonds is 3. The number of fused-ring (bicyclic) bond motifs is 4. The van der Waals surface area contributed by atoms with Crippen LogP contribution in [0.2, 0.25) is 0 Å². The lowest BCUT2D eigenvalue weighted by Gasteiger charge is -2.34. The summed E-state index contributed by atoms with van der Waals surface area (Å²) >= 11 is 0. The molecule has 7 rings (SSSR count). The molecule has 3 aliphatic rings. The van der Waals surface area contributed by atoms with Crippen molar-refractivity contribution in [2.75, 3.05) is 18.0 Å². The molecule has 0 N–H and O–H groups in total. The fourth-order valence-corrected chi connectivity index (χ4v) is 5.72. The molecule has 32 heavy (non-hydrogen) atoms. The Labute approximate surface area is 186 Å². The largest absolute Gasteiger partial charge is 0.371 e. The summed E-state index contributed by atoms with van der Waals surface area (Å²) in [5.74, 6) is 0.293. The molecule has 0 unspecified atom stereocenters. The lowest BCUT2D eigenvalue weighted by molar-refractivity contribution is 0.0306. The van der Waals surface area contributed by atoms with Gasteiger partial charge in [-0.1, -0.05) is 36.4 Å². The first-order valence-electron chi connectivity index (χ1n) is 11.6. The van der Waals surface area contributed by atoms with Crippen LogP contribution in [0.5, 0.6) is 0 Å². The summed E-state index contributed by atoms with van der Waals surface area (Å²) in [7, 11) is 0. The van der Waals surface area contributed by atoms with Gasteiger partial charge in [0.15, 0.2) is 0 Å². The molecule has 2 aromatic heterocycles. The van der Waals surface area contributed by atoms with E-state index in [9.17, 15) is 4.79 Å². The summed E-state index contributed by atoms with van der Waals surface area (Å²) in [4.78, 5) is 21.0. The molecule has 2 aromatic carbocycles. The van der Waals surface area contributed by atoms with Gasteiger partial charge in [0.25, 0.3) is 5.56 Å². The summed E-state index contributed by atoms with van der Waals surface area (Å²) in [5.41, 5.74) is 3.28. The lowest BCUT2D eigenvalue weighted by Crippen LogP contribution is -2.43. The topological polar surface area (TPSA) is 47.4 Å². The number of hydrogen-bond acceptors (Lipinski definition) is 4. The molecule has 0 amide bonds. The number of para-hydroxylation sites is 1. The Morgan fingerprint density at radius 2 is 1.69 bits per heavy atom. The number of anilines is 1. The maximum Gasteiger partial charge on any atom is 0.260 e. The molecular weight excluding hydrogens is 398 g/mol. The second kappa shape index (κ2) is 6.91. The minimum Gasteiger partial charge on any atom is -0.371 e. The quantitative estimate of drug-likeness (QED) is 0.481. The fourth-order valence-electron chi connectivity index (χ4n) is 5.72. The number of pyridine rings is 2.